The molecule has 5 heteroatoms. The van der Waals surface area contributed by atoms with Crippen LogP contribution in [0.15, 0.2) is 0 Å². The second-order valence-corrected chi connectivity index (χ2v) is 5.41. The van der Waals surface area contributed by atoms with Gasteiger partial charge in [-0.2, -0.15) is 0 Å². The molecule has 3 nitrogen and oxygen atoms in total. The van der Waals surface area contributed by atoms with Gasteiger partial charge in [-0.15, -0.1) is 0 Å². The van der Waals surface area contributed by atoms with Crippen LogP contribution in [0.4, 0.5) is 0 Å². The van der Waals surface area contributed by atoms with Crippen molar-refractivity contribution in [1.29, 1.82) is 0 Å². The lowest BCUT2D eigenvalue weighted by atomic mass is 9.96. The van der Waals surface area contributed by atoms with Crippen LogP contribution in [-0.2, 0) is 14.2 Å². The number of alkyl halides is 2. The Morgan fingerprint density at radius 3 is 2.38 bits per heavy atom. The van der Waals surface area contributed by atoms with Crippen molar-refractivity contribution in [3.63, 3.8) is 0 Å². The zero-order valence-corrected chi connectivity index (χ0v) is 12.9. The maximum absolute atomic E-state index is 5.67. The van der Waals surface area contributed by atoms with E-state index in [0.29, 0.717) is 19.3 Å². The molecular formula is C11H20Br2O3. The van der Waals surface area contributed by atoms with Gasteiger partial charge >= 0.3 is 0 Å². The summed E-state index contributed by atoms with van der Waals surface area (Å²) >= 11 is 7.09. The Balaban J connectivity index is 2.23. The highest BCUT2D eigenvalue weighted by atomic mass is 79.9. The second-order valence-electron chi connectivity index (χ2n) is 4.29. The zero-order chi connectivity index (χ0) is 11.9. The van der Waals surface area contributed by atoms with E-state index in [1.54, 1.807) is 0 Å². The molecule has 0 aromatic heterocycles. The van der Waals surface area contributed by atoms with E-state index in [9.17, 15) is 0 Å². The molecule has 16 heavy (non-hydrogen) atoms. The average Bonchev–Trinajstić information content (AvgIpc) is 3.11. The van der Waals surface area contributed by atoms with Crippen LogP contribution >= 0.6 is 31.9 Å². The van der Waals surface area contributed by atoms with E-state index in [2.05, 4.69) is 38.8 Å². The van der Waals surface area contributed by atoms with Crippen molar-refractivity contribution in [3.05, 3.63) is 0 Å². The predicted molar refractivity (Wildman–Crippen MR) is 71.7 cm³/mol. The fraction of sp³-hybridized carbons (Fsp3) is 1.00. The number of epoxide rings is 1. The van der Waals surface area contributed by atoms with E-state index in [1.165, 1.54) is 0 Å². The first-order chi connectivity index (χ1) is 7.76. The van der Waals surface area contributed by atoms with Crippen molar-refractivity contribution in [3.8, 4) is 0 Å². The standard InChI is InChI=1S/C11H20Br2O3/c1-2-3-14-8-11(6-12,7-13)9-15-4-10-5-16-10/h10H,2-9H2,1H3. The van der Waals surface area contributed by atoms with Gasteiger partial charge in [-0.3, -0.25) is 0 Å². The lowest BCUT2D eigenvalue weighted by Crippen LogP contribution is -2.36. The third-order valence-electron chi connectivity index (χ3n) is 2.44. The highest BCUT2D eigenvalue weighted by Crippen LogP contribution is 2.25. The fourth-order valence-corrected chi connectivity index (χ4v) is 2.81. The summed E-state index contributed by atoms with van der Waals surface area (Å²) in [6.07, 6.45) is 1.39. The summed E-state index contributed by atoms with van der Waals surface area (Å²) in [5.41, 5.74) is 0.0318. The van der Waals surface area contributed by atoms with E-state index < -0.39 is 0 Å². The van der Waals surface area contributed by atoms with E-state index >= 15 is 0 Å². The summed E-state index contributed by atoms with van der Waals surface area (Å²) in [7, 11) is 0. The summed E-state index contributed by atoms with van der Waals surface area (Å²) in [5, 5.41) is 1.75. The number of hydrogen-bond donors (Lipinski definition) is 0. The number of ether oxygens (including phenoxy) is 3. The van der Waals surface area contributed by atoms with Gasteiger partial charge in [-0.1, -0.05) is 38.8 Å². The van der Waals surface area contributed by atoms with Gasteiger partial charge in [0.05, 0.1) is 26.4 Å². The highest BCUT2D eigenvalue weighted by molar-refractivity contribution is 9.09. The SMILES string of the molecule is CCCOCC(CBr)(CBr)COCC1CO1. The molecular weight excluding hydrogens is 340 g/mol. The molecule has 1 heterocycles. The number of hydrogen-bond acceptors (Lipinski definition) is 3. The first-order valence-electron chi connectivity index (χ1n) is 5.65. The molecule has 0 amide bonds. The largest absolute Gasteiger partial charge is 0.381 e. The molecule has 1 atom stereocenters. The number of halogens is 2. The Kier molecular flexibility index (Phi) is 7.48. The molecule has 1 saturated heterocycles. The first kappa shape index (κ1) is 14.9. The smallest absolute Gasteiger partial charge is 0.104 e. The molecule has 1 aliphatic rings. The molecule has 0 aromatic rings. The van der Waals surface area contributed by atoms with Gasteiger partial charge in [0.15, 0.2) is 0 Å². The summed E-state index contributed by atoms with van der Waals surface area (Å²) in [6.45, 7) is 5.91. The Morgan fingerprint density at radius 1 is 1.25 bits per heavy atom. The molecule has 0 saturated carbocycles. The van der Waals surface area contributed by atoms with E-state index in [-0.39, 0.29) is 5.41 Å². The minimum atomic E-state index is 0.0318. The fourth-order valence-electron chi connectivity index (χ4n) is 1.24. The van der Waals surface area contributed by atoms with Gasteiger partial charge < -0.3 is 14.2 Å². The summed E-state index contributed by atoms with van der Waals surface area (Å²) in [5.74, 6) is 0. The third kappa shape index (κ3) is 5.45. The summed E-state index contributed by atoms with van der Waals surface area (Å²) in [4.78, 5) is 0. The van der Waals surface area contributed by atoms with Gasteiger partial charge in [0.2, 0.25) is 0 Å². The van der Waals surface area contributed by atoms with Crippen LogP contribution < -0.4 is 0 Å². The lowest BCUT2D eigenvalue weighted by Gasteiger charge is -2.29. The Bertz CT molecular complexity index is 182. The third-order valence-corrected chi connectivity index (χ3v) is 4.82. The normalized spacial score (nSPS) is 20.1. The topological polar surface area (TPSA) is 31.0 Å². The second kappa shape index (κ2) is 8.03. The van der Waals surface area contributed by atoms with E-state index in [0.717, 1.165) is 36.9 Å². The molecule has 1 unspecified atom stereocenters. The maximum atomic E-state index is 5.67. The number of rotatable bonds is 10. The molecule has 0 N–H and O–H groups in total. The van der Waals surface area contributed by atoms with Gasteiger partial charge in [-0.25, -0.2) is 0 Å². The molecule has 0 bridgehead atoms. The van der Waals surface area contributed by atoms with Crippen LogP contribution in [0.25, 0.3) is 0 Å². The van der Waals surface area contributed by atoms with Crippen LogP contribution in [-0.4, -0.2) is 49.8 Å². The van der Waals surface area contributed by atoms with Crippen molar-refractivity contribution < 1.29 is 14.2 Å². The van der Waals surface area contributed by atoms with Crippen molar-refractivity contribution in [1.82, 2.24) is 0 Å². The molecule has 1 rings (SSSR count). The van der Waals surface area contributed by atoms with Gasteiger partial charge in [0.25, 0.3) is 0 Å². The van der Waals surface area contributed by atoms with Crippen molar-refractivity contribution in [2.24, 2.45) is 5.41 Å². The van der Waals surface area contributed by atoms with Crippen LogP contribution in [0.2, 0.25) is 0 Å². The van der Waals surface area contributed by atoms with Gasteiger partial charge in [-0.05, 0) is 6.42 Å². The zero-order valence-electron chi connectivity index (χ0n) is 9.71. The van der Waals surface area contributed by atoms with Crippen molar-refractivity contribution in [2.45, 2.75) is 19.4 Å². The Hall–Kier alpha value is 0.840. The quantitative estimate of drug-likeness (QED) is 0.341. The minimum Gasteiger partial charge on any atom is -0.381 e. The molecule has 0 aromatic carbocycles. The monoisotopic (exact) mass is 358 g/mol. The maximum Gasteiger partial charge on any atom is 0.104 e. The van der Waals surface area contributed by atoms with E-state index in [4.69, 9.17) is 14.2 Å². The van der Waals surface area contributed by atoms with Crippen molar-refractivity contribution in [2.75, 3.05) is 43.7 Å². The van der Waals surface area contributed by atoms with Gasteiger partial charge in [0.1, 0.15) is 6.10 Å². The van der Waals surface area contributed by atoms with E-state index in [1.807, 2.05) is 0 Å². The molecule has 1 fully saturated rings. The lowest BCUT2D eigenvalue weighted by molar-refractivity contribution is -0.000720. The van der Waals surface area contributed by atoms with Crippen LogP contribution in [0.3, 0.4) is 0 Å². The summed E-state index contributed by atoms with van der Waals surface area (Å²) < 4.78 is 16.4. The van der Waals surface area contributed by atoms with Crippen LogP contribution in [0.1, 0.15) is 13.3 Å². The average molecular weight is 360 g/mol. The van der Waals surface area contributed by atoms with Crippen LogP contribution in [0, 0.1) is 5.41 Å². The molecule has 96 valence electrons. The van der Waals surface area contributed by atoms with Crippen LogP contribution in [0.5, 0.6) is 0 Å². The predicted octanol–water partition coefficient (Wildman–Crippen LogP) is 2.60. The Morgan fingerprint density at radius 2 is 1.88 bits per heavy atom. The summed E-state index contributed by atoms with van der Waals surface area (Å²) in [6, 6.07) is 0. The highest BCUT2D eigenvalue weighted by Gasteiger charge is 2.30. The minimum absolute atomic E-state index is 0.0318. The molecule has 0 spiro atoms. The molecule has 0 radical (unpaired) electrons. The molecule has 0 aliphatic carbocycles. The van der Waals surface area contributed by atoms with Gasteiger partial charge in [0, 0.05) is 22.7 Å². The Labute approximate surface area is 114 Å². The molecule has 1 aliphatic heterocycles. The first-order valence-corrected chi connectivity index (χ1v) is 7.89. The van der Waals surface area contributed by atoms with Crippen molar-refractivity contribution >= 4 is 31.9 Å².